The summed E-state index contributed by atoms with van der Waals surface area (Å²) in [5, 5.41) is 4.92. The van der Waals surface area contributed by atoms with Gasteiger partial charge >= 0.3 is 12.4 Å². The Morgan fingerprint density at radius 1 is 0.842 bits per heavy atom. The highest BCUT2D eigenvalue weighted by molar-refractivity contribution is 5.68. The minimum absolute atomic E-state index is 0.244. The molecule has 0 saturated carbocycles. The molecule has 3 heterocycles. The largest absolute Gasteiger partial charge is 0.433 e. The molecule has 0 aliphatic rings. The van der Waals surface area contributed by atoms with Gasteiger partial charge in [-0.25, -0.2) is 9.83 Å². The second-order valence-electron chi connectivity index (χ2n) is 7.83. The number of anilines is 3. The summed E-state index contributed by atoms with van der Waals surface area (Å²) in [5.74, 6) is -1.15. The number of halogens is 6. The predicted octanol–water partition coefficient (Wildman–Crippen LogP) is 6.67. The average Bonchev–Trinajstić information content (AvgIpc) is 2.88. The number of nitrogens with zero attached hydrogens (tertiary/aromatic N) is 6. The molecule has 1 atom stereocenters. The third kappa shape index (κ3) is 6.30. The lowest BCUT2D eigenvalue weighted by molar-refractivity contribution is -0.141. The first-order valence-electron chi connectivity index (χ1n) is 10.8. The molecular formula is C24H16F6N8. The fraction of sp³-hybridized carbons (Fsp3) is 0.167. The molecule has 8 nitrogen and oxygen atoms in total. The fourth-order valence-electron chi connectivity index (χ4n) is 3.11. The molecule has 0 unspecified atom stereocenters. The number of rotatable bonds is 6. The Labute approximate surface area is 211 Å². The normalized spacial score (nSPS) is 12.5. The Morgan fingerprint density at radius 2 is 1.55 bits per heavy atom. The van der Waals surface area contributed by atoms with Crippen LogP contribution in [0.1, 0.15) is 12.6 Å². The van der Waals surface area contributed by atoms with Crippen molar-refractivity contribution >= 4 is 23.3 Å². The minimum atomic E-state index is -4.75. The zero-order valence-corrected chi connectivity index (χ0v) is 19.3. The summed E-state index contributed by atoms with van der Waals surface area (Å²) in [6, 6.07) is 10.7. The van der Waals surface area contributed by atoms with Gasteiger partial charge in [0.05, 0.1) is 12.3 Å². The molecule has 14 heteroatoms. The molecule has 0 radical (unpaired) electrons. The summed E-state index contributed by atoms with van der Waals surface area (Å²) >= 11 is 0. The van der Waals surface area contributed by atoms with Gasteiger partial charge in [-0.15, -0.1) is 0 Å². The Hall–Kier alpha value is -4.80. The number of nitrogens with one attached hydrogen (secondary N) is 2. The van der Waals surface area contributed by atoms with Crippen molar-refractivity contribution in [1.29, 1.82) is 0 Å². The van der Waals surface area contributed by atoms with Gasteiger partial charge in [-0.1, -0.05) is 30.3 Å². The number of benzene rings is 1. The second kappa shape index (κ2) is 10.3. The summed E-state index contributed by atoms with van der Waals surface area (Å²) in [4.78, 5) is 23.0. The van der Waals surface area contributed by atoms with Crippen molar-refractivity contribution in [2.24, 2.45) is 0 Å². The summed E-state index contributed by atoms with van der Waals surface area (Å²) < 4.78 is 78.9. The molecule has 4 rings (SSSR count). The van der Waals surface area contributed by atoms with Crippen LogP contribution < -0.4 is 10.6 Å². The van der Waals surface area contributed by atoms with Gasteiger partial charge in [-0.2, -0.15) is 41.3 Å². The molecule has 0 fully saturated rings. The molecule has 3 aromatic heterocycles. The first kappa shape index (κ1) is 26.3. The van der Waals surface area contributed by atoms with E-state index in [1.54, 1.807) is 30.3 Å². The van der Waals surface area contributed by atoms with Gasteiger partial charge in [0.1, 0.15) is 17.4 Å². The third-order valence-corrected chi connectivity index (χ3v) is 5.05. The van der Waals surface area contributed by atoms with Crippen LogP contribution in [0.3, 0.4) is 0 Å². The van der Waals surface area contributed by atoms with Gasteiger partial charge in [0.25, 0.3) is 0 Å². The van der Waals surface area contributed by atoms with Gasteiger partial charge in [-0.3, -0.25) is 4.98 Å². The van der Waals surface area contributed by atoms with Crippen LogP contribution in [0.5, 0.6) is 0 Å². The Kier molecular flexibility index (Phi) is 7.11. The average molecular weight is 530 g/mol. The molecule has 0 aliphatic carbocycles. The Morgan fingerprint density at radius 3 is 2.21 bits per heavy atom. The van der Waals surface area contributed by atoms with Crippen molar-refractivity contribution in [3.63, 3.8) is 0 Å². The van der Waals surface area contributed by atoms with Crippen molar-refractivity contribution in [3.8, 4) is 22.8 Å². The van der Waals surface area contributed by atoms with Crippen LogP contribution in [0, 0.1) is 6.57 Å². The van der Waals surface area contributed by atoms with E-state index in [1.807, 2.05) is 0 Å². The third-order valence-electron chi connectivity index (χ3n) is 5.05. The topological polar surface area (TPSA) is 92.9 Å². The lowest BCUT2D eigenvalue weighted by atomic mass is 10.1. The maximum Gasteiger partial charge on any atom is 0.433 e. The van der Waals surface area contributed by atoms with Crippen molar-refractivity contribution in [2.75, 3.05) is 10.6 Å². The molecule has 0 bridgehead atoms. The molecule has 194 valence electrons. The molecule has 0 saturated heterocycles. The maximum absolute atomic E-state index is 13.2. The van der Waals surface area contributed by atoms with E-state index in [9.17, 15) is 26.3 Å². The number of hydrogen-bond donors (Lipinski definition) is 2. The highest BCUT2D eigenvalue weighted by Crippen LogP contribution is 2.30. The minimum Gasteiger partial charge on any atom is -0.343 e. The van der Waals surface area contributed by atoms with E-state index < -0.39 is 30.0 Å². The van der Waals surface area contributed by atoms with Crippen LogP contribution in [0.25, 0.3) is 27.6 Å². The van der Waals surface area contributed by atoms with E-state index in [0.29, 0.717) is 22.6 Å². The predicted molar refractivity (Wildman–Crippen MR) is 126 cm³/mol. The van der Waals surface area contributed by atoms with Crippen LogP contribution in [0.4, 0.5) is 49.6 Å². The van der Waals surface area contributed by atoms with Gasteiger partial charge in [0.2, 0.25) is 11.9 Å². The van der Waals surface area contributed by atoms with E-state index in [4.69, 9.17) is 6.57 Å². The number of pyridine rings is 2. The molecule has 4 aromatic rings. The first-order valence-corrected chi connectivity index (χ1v) is 10.8. The van der Waals surface area contributed by atoms with E-state index in [1.165, 1.54) is 18.3 Å². The van der Waals surface area contributed by atoms with Crippen molar-refractivity contribution < 1.29 is 26.3 Å². The van der Waals surface area contributed by atoms with Gasteiger partial charge in [0.15, 0.2) is 11.5 Å². The monoisotopic (exact) mass is 530 g/mol. The van der Waals surface area contributed by atoms with Crippen LogP contribution in [-0.2, 0) is 6.18 Å². The Bertz CT molecular complexity index is 1480. The molecule has 1 aromatic carbocycles. The fourth-order valence-corrected chi connectivity index (χ4v) is 3.11. The van der Waals surface area contributed by atoms with Crippen LogP contribution in [0.2, 0.25) is 0 Å². The van der Waals surface area contributed by atoms with Crippen molar-refractivity contribution in [3.05, 3.63) is 77.9 Å². The van der Waals surface area contributed by atoms with Crippen molar-refractivity contribution in [2.45, 2.75) is 25.3 Å². The zero-order valence-electron chi connectivity index (χ0n) is 19.3. The quantitative estimate of drug-likeness (QED) is 0.212. The van der Waals surface area contributed by atoms with E-state index in [2.05, 4.69) is 40.4 Å². The summed E-state index contributed by atoms with van der Waals surface area (Å²) in [5.41, 5.74) is 0.482. The number of aromatic nitrogens is 5. The number of alkyl halides is 6. The van der Waals surface area contributed by atoms with E-state index >= 15 is 0 Å². The molecule has 38 heavy (non-hydrogen) atoms. The molecule has 0 spiro atoms. The SMILES string of the molecule is [C-]#[N+]c1ccc(-c2cc(Nc3nc(N[C@H](C)C(F)(F)F)nc(-c4cccc(C(F)(F)F)n4)n3)ccn2)cc1. The first-order chi connectivity index (χ1) is 17.9. The summed E-state index contributed by atoms with van der Waals surface area (Å²) in [6.45, 7) is 7.89. The number of hydrogen-bond acceptors (Lipinski definition) is 7. The van der Waals surface area contributed by atoms with Gasteiger partial charge in [0, 0.05) is 11.9 Å². The Balaban J connectivity index is 1.72. The van der Waals surface area contributed by atoms with Crippen molar-refractivity contribution in [1.82, 2.24) is 24.9 Å². The van der Waals surface area contributed by atoms with Crippen LogP contribution >= 0.6 is 0 Å². The molecular weight excluding hydrogens is 514 g/mol. The summed E-state index contributed by atoms with van der Waals surface area (Å²) in [6.07, 6.45) is -7.93. The van der Waals surface area contributed by atoms with E-state index in [-0.39, 0.29) is 17.5 Å². The lowest BCUT2D eigenvalue weighted by Crippen LogP contribution is -2.34. The zero-order chi connectivity index (χ0) is 27.5. The molecule has 0 aliphatic heterocycles. The van der Waals surface area contributed by atoms with Crippen LogP contribution in [-0.4, -0.2) is 37.1 Å². The molecule has 0 amide bonds. The maximum atomic E-state index is 13.2. The van der Waals surface area contributed by atoms with Crippen LogP contribution in [0.15, 0.2) is 60.8 Å². The standard InChI is InChI=1S/C24H16F6N8/c1-13(23(25,26)27)33-21-36-20(17-4-3-5-19(35-17)24(28,29)30)37-22(38-21)34-16-10-11-32-18(12-16)14-6-8-15(31-2)9-7-14/h3-13H,1H3,(H2,32,33,34,36,37,38)/t13-/m1/s1. The van der Waals surface area contributed by atoms with E-state index in [0.717, 1.165) is 19.1 Å². The lowest BCUT2D eigenvalue weighted by Gasteiger charge is -2.18. The smallest absolute Gasteiger partial charge is 0.343 e. The van der Waals surface area contributed by atoms with Gasteiger partial charge in [-0.05, 0) is 36.8 Å². The van der Waals surface area contributed by atoms with Gasteiger partial charge < -0.3 is 10.6 Å². The second-order valence-corrected chi connectivity index (χ2v) is 7.83. The highest BCUT2D eigenvalue weighted by Gasteiger charge is 2.37. The summed E-state index contributed by atoms with van der Waals surface area (Å²) in [7, 11) is 0. The highest BCUT2D eigenvalue weighted by atomic mass is 19.4. The molecule has 2 N–H and O–H groups in total.